The third-order valence-electron chi connectivity index (χ3n) is 5.73. The van der Waals surface area contributed by atoms with Crippen LogP contribution in [-0.2, 0) is 4.79 Å². The molecule has 31 heavy (non-hydrogen) atoms. The second-order valence-electron chi connectivity index (χ2n) is 8.00. The predicted molar refractivity (Wildman–Crippen MR) is 124 cm³/mol. The molecule has 0 radical (unpaired) electrons. The average molecular weight is 417 g/mol. The Morgan fingerprint density at radius 1 is 1.03 bits per heavy atom. The van der Waals surface area contributed by atoms with Crippen molar-refractivity contribution in [2.45, 2.75) is 39.7 Å². The molecule has 1 aliphatic heterocycles. The number of hydrogen-bond donors (Lipinski definition) is 1. The van der Waals surface area contributed by atoms with Crippen LogP contribution in [0.15, 0.2) is 54.6 Å². The fraction of sp³-hybridized carbons (Fsp3) is 0.320. The quantitative estimate of drug-likeness (QED) is 0.627. The first-order chi connectivity index (χ1) is 15.0. The summed E-state index contributed by atoms with van der Waals surface area (Å²) in [6.45, 7) is 7.85. The highest BCUT2D eigenvalue weighted by Crippen LogP contribution is 2.24. The normalized spacial score (nSPS) is 14.4. The van der Waals surface area contributed by atoms with Crippen molar-refractivity contribution >= 4 is 17.4 Å². The summed E-state index contributed by atoms with van der Waals surface area (Å²) in [7, 11) is 0. The lowest BCUT2D eigenvalue weighted by molar-refractivity contribution is -0.122. The van der Waals surface area contributed by atoms with Crippen LogP contribution >= 0.6 is 0 Å². The van der Waals surface area contributed by atoms with Gasteiger partial charge in [0, 0.05) is 24.3 Å². The summed E-state index contributed by atoms with van der Waals surface area (Å²) in [6, 6.07) is 17.5. The third kappa shape index (κ3) is 4.85. The SMILES string of the molecule is Cc1cccc(OC(C)C(=O)Nc2cccc(-c3ccc(N4CCCC4)nn3)c2)c1C. The zero-order valence-corrected chi connectivity index (χ0v) is 18.3. The first-order valence-electron chi connectivity index (χ1n) is 10.7. The van der Waals surface area contributed by atoms with Crippen molar-refractivity contribution in [3.05, 3.63) is 65.7 Å². The Balaban J connectivity index is 1.43. The van der Waals surface area contributed by atoms with Crippen LogP contribution in [0.5, 0.6) is 5.75 Å². The van der Waals surface area contributed by atoms with Crippen molar-refractivity contribution in [3.8, 4) is 17.0 Å². The van der Waals surface area contributed by atoms with Crippen LogP contribution in [0, 0.1) is 13.8 Å². The molecular formula is C25H28N4O2. The van der Waals surface area contributed by atoms with Crippen LogP contribution in [0.25, 0.3) is 11.3 Å². The van der Waals surface area contributed by atoms with E-state index in [1.54, 1.807) is 6.92 Å². The third-order valence-corrected chi connectivity index (χ3v) is 5.73. The molecule has 1 atom stereocenters. The maximum Gasteiger partial charge on any atom is 0.265 e. The number of amides is 1. The number of carbonyl (C=O) groups is 1. The van der Waals surface area contributed by atoms with Crippen molar-refractivity contribution in [1.82, 2.24) is 10.2 Å². The summed E-state index contributed by atoms with van der Waals surface area (Å²) in [4.78, 5) is 14.9. The van der Waals surface area contributed by atoms with E-state index in [4.69, 9.17) is 4.74 Å². The summed E-state index contributed by atoms with van der Waals surface area (Å²) in [5.41, 5.74) is 4.55. The van der Waals surface area contributed by atoms with Crippen LogP contribution in [0.4, 0.5) is 11.5 Å². The predicted octanol–water partition coefficient (Wildman–Crippen LogP) is 4.77. The van der Waals surface area contributed by atoms with Gasteiger partial charge in [-0.1, -0.05) is 24.3 Å². The fourth-order valence-corrected chi connectivity index (χ4v) is 3.69. The van der Waals surface area contributed by atoms with Gasteiger partial charge in [-0.05, 0) is 75.1 Å². The van der Waals surface area contributed by atoms with Crippen molar-refractivity contribution in [2.24, 2.45) is 0 Å². The Morgan fingerprint density at radius 3 is 2.55 bits per heavy atom. The van der Waals surface area contributed by atoms with Crippen LogP contribution in [-0.4, -0.2) is 35.3 Å². The first kappa shape index (κ1) is 20.8. The molecule has 0 spiro atoms. The molecule has 2 heterocycles. The molecule has 0 saturated carbocycles. The molecule has 1 fully saturated rings. The highest BCUT2D eigenvalue weighted by Gasteiger charge is 2.17. The van der Waals surface area contributed by atoms with Crippen LogP contribution in [0.3, 0.4) is 0 Å². The van der Waals surface area contributed by atoms with Gasteiger partial charge >= 0.3 is 0 Å². The topological polar surface area (TPSA) is 67.3 Å². The lowest BCUT2D eigenvalue weighted by atomic mass is 10.1. The van der Waals surface area contributed by atoms with Gasteiger partial charge in [0.15, 0.2) is 11.9 Å². The van der Waals surface area contributed by atoms with Gasteiger partial charge in [-0.15, -0.1) is 10.2 Å². The molecule has 0 bridgehead atoms. The van der Waals surface area contributed by atoms with Gasteiger partial charge in [0.2, 0.25) is 0 Å². The second kappa shape index (κ2) is 9.16. The molecule has 6 heteroatoms. The van der Waals surface area contributed by atoms with Crippen molar-refractivity contribution < 1.29 is 9.53 Å². The Morgan fingerprint density at radius 2 is 1.81 bits per heavy atom. The first-order valence-corrected chi connectivity index (χ1v) is 10.7. The Labute approximate surface area is 183 Å². The van der Waals surface area contributed by atoms with Crippen LogP contribution < -0.4 is 15.0 Å². The van der Waals surface area contributed by atoms with Gasteiger partial charge in [-0.2, -0.15) is 0 Å². The van der Waals surface area contributed by atoms with E-state index in [1.807, 2.05) is 68.4 Å². The van der Waals surface area contributed by atoms with Gasteiger partial charge < -0.3 is 15.0 Å². The Kier molecular flexibility index (Phi) is 6.16. The number of anilines is 2. The van der Waals surface area contributed by atoms with E-state index in [-0.39, 0.29) is 5.91 Å². The number of carbonyl (C=O) groups excluding carboxylic acids is 1. The highest BCUT2D eigenvalue weighted by atomic mass is 16.5. The van der Waals surface area contributed by atoms with Crippen molar-refractivity contribution in [3.63, 3.8) is 0 Å². The summed E-state index contributed by atoms with van der Waals surface area (Å²) in [5, 5.41) is 11.7. The molecule has 4 rings (SSSR count). The van der Waals surface area contributed by atoms with E-state index >= 15 is 0 Å². The number of hydrogen-bond acceptors (Lipinski definition) is 5. The lowest BCUT2D eigenvalue weighted by Crippen LogP contribution is -2.30. The smallest absolute Gasteiger partial charge is 0.265 e. The minimum Gasteiger partial charge on any atom is -0.481 e. The molecule has 2 aromatic carbocycles. The summed E-state index contributed by atoms with van der Waals surface area (Å²) < 4.78 is 5.90. The molecule has 3 aromatic rings. The van der Waals surface area contributed by atoms with E-state index < -0.39 is 6.10 Å². The summed E-state index contributed by atoms with van der Waals surface area (Å²) >= 11 is 0. The zero-order chi connectivity index (χ0) is 21.8. The standard InChI is InChI=1S/C25H28N4O2/c1-17-8-6-11-23(18(17)2)31-19(3)25(30)26-21-10-7-9-20(16-21)22-12-13-24(28-27-22)29-14-4-5-15-29/h6-13,16,19H,4-5,14-15H2,1-3H3,(H,26,30). The van der Waals surface area contributed by atoms with E-state index in [2.05, 4.69) is 20.4 Å². The van der Waals surface area contributed by atoms with E-state index in [9.17, 15) is 4.79 Å². The number of benzene rings is 2. The number of nitrogens with one attached hydrogen (secondary N) is 1. The van der Waals surface area contributed by atoms with E-state index in [0.29, 0.717) is 5.69 Å². The van der Waals surface area contributed by atoms with Crippen LogP contribution in [0.2, 0.25) is 0 Å². The molecule has 1 amide bonds. The summed E-state index contributed by atoms with van der Waals surface area (Å²) in [5.74, 6) is 1.45. The minimum absolute atomic E-state index is 0.200. The average Bonchev–Trinajstić information content (AvgIpc) is 3.32. The Hall–Kier alpha value is -3.41. The number of ether oxygens (including phenoxy) is 1. The number of aryl methyl sites for hydroxylation is 1. The molecule has 6 nitrogen and oxygen atoms in total. The minimum atomic E-state index is -0.622. The highest BCUT2D eigenvalue weighted by molar-refractivity contribution is 5.94. The Bertz CT molecular complexity index is 1060. The molecule has 160 valence electrons. The van der Waals surface area contributed by atoms with Gasteiger partial charge in [0.05, 0.1) is 5.69 Å². The second-order valence-corrected chi connectivity index (χ2v) is 8.00. The van der Waals surface area contributed by atoms with Gasteiger partial charge in [0.25, 0.3) is 5.91 Å². The zero-order valence-electron chi connectivity index (χ0n) is 18.3. The van der Waals surface area contributed by atoms with Gasteiger partial charge in [-0.25, -0.2) is 0 Å². The van der Waals surface area contributed by atoms with Crippen molar-refractivity contribution in [2.75, 3.05) is 23.3 Å². The maximum absolute atomic E-state index is 12.7. The molecular weight excluding hydrogens is 388 g/mol. The number of rotatable bonds is 6. The van der Waals surface area contributed by atoms with Crippen LogP contribution in [0.1, 0.15) is 30.9 Å². The molecule has 1 aromatic heterocycles. The molecule has 1 aliphatic rings. The molecule has 0 aliphatic carbocycles. The van der Waals surface area contributed by atoms with Gasteiger partial charge in [0.1, 0.15) is 5.75 Å². The monoisotopic (exact) mass is 416 g/mol. The molecule has 1 saturated heterocycles. The van der Waals surface area contributed by atoms with Gasteiger partial charge in [-0.3, -0.25) is 4.79 Å². The molecule has 1 N–H and O–H groups in total. The molecule has 1 unspecified atom stereocenters. The summed E-state index contributed by atoms with van der Waals surface area (Å²) in [6.07, 6.45) is 1.79. The van der Waals surface area contributed by atoms with E-state index in [1.165, 1.54) is 12.8 Å². The van der Waals surface area contributed by atoms with E-state index in [0.717, 1.165) is 47.0 Å². The van der Waals surface area contributed by atoms with Crippen molar-refractivity contribution in [1.29, 1.82) is 0 Å². The number of aromatic nitrogens is 2. The fourth-order valence-electron chi connectivity index (χ4n) is 3.69. The largest absolute Gasteiger partial charge is 0.481 e. The number of nitrogens with zero attached hydrogens (tertiary/aromatic N) is 3. The lowest BCUT2D eigenvalue weighted by Gasteiger charge is -2.17. The maximum atomic E-state index is 12.7.